The summed E-state index contributed by atoms with van der Waals surface area (Å²) in [5.74, 6) is 0.668. The summed E-state index contributed by atoms with van der Waals surface area (Å²) < 4.78 is 5.75. The molecule has 0 aromatic heterocycles. The summed E-state index contributed by atoms with van der Waals surface area (Å²) >= 11 is 0. The first kappa shape index (κ1) is 23.5. The van der Waals surface area contributed by atoms with Crippen LogP contribution >= 0.6 is 0 Å². The second-order valence-electron chi connectivity index (χ2n) is 7.86. The lowest BCUT2D eigenvalue weighted by Crippen LogP contribution is -2.50. The van der Waals surface area contributed by atoms with E-state index in [9.17, 15) is 9.59 Å². The van der Waals surface area contributed by atoms with Crippen LogP contribution in [0.5, 0.6) is 5.75 Å². The van der Waals surface area contributed by atoms with Crippen molar-refractivity contribution in [2.75, 3.05) is 6.61 Å². The zero-order chi connectivity index (χ0) is 21.9. The lowest BCUT2D eigenvalue weighted by atomic mass is 10.1. The number of nitrogens with one attached hydrogen (secondary N) is 1. The number of rotatable bonds is 11. The minimum atomic E-state index is -0.488. The lowest BCUT2D eigenvalue weighted by Gasteiger charge is -2.31. The van der Waals surface area contributed by atoms with Crippen LogP contribution in [0.1, 0.15) is 51.2 Å². The molecule has 0 saturated carbocycles. The number of benzene rings is 2. The number of hydrogen-bond donors (Lipinski definition) is 1. The zero-order valence-corrected chi connectivity index (χ0v) is 18.6. The maximum absolute atomic E-state index is 13.1. The Morgan fingerprint density at radius 1 is 1.03 bits per heavy atom. The first-order valence-corrected chi connectivity index (χ1v) is 10.7. The molecule has 0 unspecified atom stereocenters. The fourth-order valence-corrected chi connectivity index (χ4v) is 3.27. The van der Waals surface area contributed by atoms with Gasteiger partial charge in [0.1, 0.15) is 11.8 Å². The van der Waals surface area contributed by atoms with Crippen molar-refractivity contribution in [1.29, 1.82) is 0 Å². The molecule has 1 N–H and O–H groups in total. The number of nitrogens with zero attached hydrogens (tertiary/aromatic N) is 1. The Balaban J connectivity index is 2.01. The van der Waals surface area contributed by atoms with Crippen LogP contribution in [0.3, 0.4) is 0 Å². The normalized spacial score (nSPS) is 11.8. The van der Waals surface area contributed by atoms with Gasteiger partial charge in [0.15, 0.2) is 0 Å². The first-order chi connectivity index (χ1) is 14.4. The minimum Gasteiger partial charge on any atom is -0.494 e. The van der Waals surface area contributed by atoms with Crippen LogP contribution in [0.25, 0.3) is 0 Å². The highest BCUT2D eigenvalue weighted by molar-refractivity contribution is 5.87. The summed E-state index contributed by atoms with van der Waals surface area (Å²) in [6.07, 6.45) is 1.50. The highest BCUT2D eigenvalue weighted by Crippen LogP contribution is 2.16. The molecule has 30 heavy (non-hydrogen) atoms. The highest BCUT2D eigenvalue weighted by atomic mass is 16.5. The van der Waals surface area contributed by atoms with E-state index in [4.69, 9.17) is 4.74 Å². The molecule has 5 nitrogen and oxygen atoms in total. The quantitative estimate of drug-likeness (QED) is 0.556. The van der Waals surface area contributed by atoms with Crippen LogP contribution in [-0.4, -0.2) is 35.4 Å². The summed E-state index contributed by atoms with van der Waals surface area (Å²) in [4.78, 5) is 27.5. The second kappa shape index (κ2) is 12.0. The van der Waals surface area contributed by atoms with Gasteiger partial charge in [-0.05, 0) is 51.3 Å². The third-order valence-electron chi connectivity index (χ3n) is 4.84. The van der Waals surface area contributed by atoms with E-state index in [2.05, 4.69) is 5.32 Å². The standard InChI is InChI=1S/C25H34N2O3/c1-5-23(25(29)26-19(2)3)27(18-21-10-7-6-8-11-21)24(28)12-9-17-30-22-15-13-20(4)14-16-22/h6-8,10-11,13-16,19,23H,5,9,12,17-18H2,1-4H3,(H,26,29)/t23-/m0/s1. The fraction of sp³-hybridized carbons (Fsp3) is 0.440. The van der Waals surface area contributed by atoms with Crippen molar-refractivity contribution in [1.82, 2.24) is 10.2 Å². The molecule has 0 radical (unpaired) electrons. The van der Waals surface area contributed by atoms with Gasteiger partial charge in [-0.2, -0.15) is 0 Å². The molecule has 0 aliphatic rings. The first-order valence-electron chi connectivity index (χ1n) is 10.7. The maximum Gasteiger partial charge on any atom is 0.243 e. The summed E-state index contributed by atoms with van der Waals surface area (Å²) in [6.45, 7) is 8.71. The average molecular weight is 411 g/mol. The van der Waals surface area contributed by atoms with Gasteiger partial charge in [0.05, 0.1) is 6.61 Å². The predicted molar refractivity (Wildman–Crippen MR) is 120 cm³/mol. The van der Waals surface area contributed by atoms with Crippen LogP contribution in [-0.2, 0) is 16.1 Å². The molecule has 2 aromatic carbocycles. The SMILES string of the molecule is CC[C@@H](C(=O)NC(C)C)N(Cc1ccccc1)C(=O)CCCOc1ccc(C)cc1. The number of hydrogen-bond acceptors (Lipinski definition) is 3. The third-order valence-corrected chi connectivity index (χ3v) is 4.84. The summed E-state index contributed by atoms with van der Waals surface area (Å²) in [5, 5.41) is 2.95. The van der Waals surface area contributed by atoms with E-state index in [1.165, 1.54) is 5.56 Å². The molecule has 162 valence electrons. The van der Waals surface area contributed by atoms with E-state index in [-0.39, 0.29) is 17.9 Å². The van der Waals surface area contributed by atoms with Gasteiger partial charge in [-0.1, -0.05) is 55.0 Å². The van der Waals surface area contributed by atoms with Gasteiger partial charge >= 0.3 is 0 Å². The van der Waals surface area contributed by atoms with Crippen LogP contribution < -0.4 is 10.1 Å². The molecular weight excluding hydrogens is 376 g/mol. The Morgan fingerprint density at radius 2 is 1.70 bits per heavy atom. The van der Waals surface area contributed by atoms with Gasteiger partial charge in [0.2, 0.25) is 11.8 Å². The van der Waals surface area contributed by atoms with Gasteiger partial charge in [0, 0.05) is 19.0 Å². The van der Waals surface area contributed by atoms with Crippen molar-refractivity contribution in [2.24, 2.45) is 0 Å². The summed E-state index contributed by atoms with van der Waals surface area (Å²) in [6, 6.07) is 17.2. The fourth-order valence-electron chi connectivity index (χ4n) is 3.27. The maximum atomic E-state index is 13.1. The summed E-state index contributed by atoms with van der Waals surface area (Å²) in [7, 11) is 0. The van der Waals surface area contributed by atoms with Crippen LogP contribution in [0, 0.1) is 6.92 Å². The van der Waals surface area contributed by atoms with Crippen molar-refractivity contribution in [3.8, 4) is 5.75 Å². The molecule has 5 heteroatoms. The zero-order valence-electron chi connectivity index (χ0n) is 18.6. The molecule has 0 fully saturated rings. The van der Waals surface area contributed by atoms with E-state index in [0.717, 1.165) is 11.3 Å². The molecule has 0 aliphatic heterocycles. The van der Waals surface area contributed by atoms with Crippen molar-refractivity contribution in [2.45, 2.75) is 65.6 Å². The van der Waals surface area contributed by atoms with E-state index >= 15 is 0 Å². The Bertz CT molecular complexity index is 788. The second-order valence-corrected chi connectivity index (χ2v) is 7.86. The molecule has 0 aliphatic carbocycles. The smallest absolute Gasteiger partial charge is 0.243 e. The molecule has 0 bridgehead atoms. The number of ether oxygens (including phenoxy) is 1. The average Bonchev–Trinajstić information content (AvgIpc) is 2.72. The molecular formula is C25H34N2O3. The van der Waals surface area contributed by atoms with Gasteiger partial charge in [0.25, 0.3) is 0 Å². The third kappa shape index (κ3) is 7.54. The van der Waals surface area contributed by atoms with E-state index in [0.29, 0.717) is 32.4 Å². The number of amides is 2. The Hall–Kier alpha value is -2.82. The number of carbonyl (C=O) groups excluding carboxylic acids is 2. The van der Waals surface area contributed by atoms with Crippen molar-refractivity contribution < 1.29 is 14.3 Å². The molecule has 2 amide bonds. The molecule has 0 spiro atoms. The van der Waals surface area contributed by atoms with Gasteiger partial charge in [-0.15, -0.1) is 0 Å². The predicted octanol–water partition coefficient (Wildman–Crippen LogP) is 4.49. The van der Waals surface area contributed by atoms with E-state index in [1.807, 2.05) is 82.3 Å². The minimum absolute atomic E-state index is 0.0304. The monoisotopic (exact) mass is 410 g/mol. The largest absolute Gasteiger partial charge is 0.494 e. The lowest BCUT2D eigenvalue weighted by molar-refractivity contribution is -0.141. The Morgan fingerprint density at radius 3 is 2.30 bits per heavy atom. The Kier molecular flexibility index (Phi) is 9.39. The Labute approximate surface area is 180 Å². The van der Waals surface area contributed by atoms with Gasteiger partial charge < -0.3 is 15.0 Å². The van der Waals surface area contributed by atoms with Crippen LogP contribution in [0.2, 0.25) is 0 Å². The number of aryl methyl sites for hydroxylation is 1. The number of carbonyl (C=O) groups is 2. The van der Waals surface area contributed by atoms with E-state index in [1.54, 1.807) is 4.90 Å². The van der Waals surface area contributed by atoms with Gasteiger partial charge in [-0.25, -0.2) is 0 Å². The van der Waals surface area contributed by atoms with Crippen molar-refractivity contribution in [3.63, 3.8) is 0 Å². The van der Waals surface area contributed by atoms with Gasteiger partial charge in [-0.3, -0.25) is 9.59 Å². The van der Waals surface area contributed by atoms with Crippen molar-refractivity contribution >= 4 is 11.8 Å². The molecule has 2 aromatic rings. The van der Waals surface area contributed by atoms with Crippen LogP contribution in [0.4, 0.5) is 0 Å². The van der Waals surface area contributed by atoms with E-state index < -0.39 is 6.04 Å². The topological polar surface area (TPSA) is 58.6 Å². The molecule has 0 saturated heterocycles. The molecule has 1 atom stereocenters. The molecule has 2 rings (SSSR count). The highest BCUT2D eigenvalue weighted by Gasteiger charge is 2.28. The van der Waals surface area contributed by atoms with Crippen molar-refractivity contribution in [3.05, 3.63) is 65.7 Å². The van der Waals surface area contributed by atoms with Crippen LogP contribution in [0.15, 0.2) is 54.6 Å². The summed E-state index contributed by atoms with van der Waals surface area (Å²) in [5.41, 5.74) is 2.19. The molecule has 0 heterocycles.